The second-order valence-corrected chi connectivity index (χ2v) is 5.11. The summed E-state index contributed by atoms with van der Waals surface area (Å²) in [5.41, 5.74) is 2.17. The van der Waals surface area contributed by atoms with Gasteiger partial charge in [-0.3, -0.25) is 4.79 Å². The van der Waals surface area contributed by atoms with Crippen molar-refractivity contribution in [1.82, 2.24) is 0 Å². The van der Waals surface area contributed by atoms with Crippen molar-refractivity contribution in [2.24, 2.45) is 5.92 Å². The molecule has 1 unspecified atom stereocenters. The van der Waals surface area contributed by atoms with Crippen molar-refractivity contribution in [2.75, 3.05) is 11.4 Å². The number of halogens is 1. The lowest BCUT2D eigenvalue weighted by atomic mass is 10.1. The average molecular weight is 292 g/mol. The summed E-state index contributed by atoms with van der Waals surface area (Å²) < 4.78 is 1.04. The van der Waals surface area contributed by atoms with Crippen molar-refractivity contribution in [3.05, 3.63) is 28.2 Å². The standard InChI is InChI=1S/C14H14BrNO/c1-3-10-7-14(17)16(9-10)13-6-5-12(15)8-11(13)4-2/h1,5-6,8,10H,4,7,9H2,2H3. The molecule has 1 aromatic rings. The number of hydrogen-bond acceptors (Lipinski definition) is 1. The van der Waals surface area contributed by atoms with Gasteiger partial charge in [-0.1, -0.05) is 22.9 Å². The molecule has 1 heterocycles. The fourth-order valence-corrected chi connectivity index (χ4v) is 2.56. The number of nitrogens with zero attached hydrogens (tertiary/aromatic N) is 1. The molecule has 88 valence electrons. The van der Waals surface area contributed by atoms with Crippen LogP contribution in [0, 0.1) is 18.3 Å². The lowest BCUT2D eigenvalue weighted by Gasteiger charge is -2.19. The number of anilines is 1. The van der Waals surface area contributed by atoms with Crippen LogP contribution in [0.5, 0.6) is 0 Å². The highest BCUT2D eigenvalue weighted by Gasteiger charge is 2.30. The molecule has 0 bridgehead atoms. The summed E-state index contributed by atoms with van der Waals surface area (Å²) in [5.74, 6) is 2.85. The predicted octanol–water partition coefficient (Wildman–Crippen LogP) is 3.00. The van der Waals surface area contributed by atoms with E-state index >= 15 is 0 Å². The van der Waals surface area contributed by atoms with Crippen LogP contribution < -0.4 is 4.90 Å². The summed E-state index contributed by atoms with van der Waals surface area (Å²) >= 11 is 3.45. The minimum atomic E-state index is 0.0517. The van der Waals surface area contributed by atoms with Gasteiger partial charge >= 0.3 is 0 Å². The van der Waals surface area contributed by atoms with Crippen LogP contribution in [0.2, 0.25) is 0 Å². The summed E-state index contributed by atoms with van der Waals surface area (Å²) in [6.45, 7) is 2.73. The molecule has 1 amide bonds. The van der Waals surface area contributed by atoms with Crippen LogP contribution in [0.1, 0.15) is 18.9 Å². The zero-order chi connectivity index (χ0) is 12.4. The number of benzene rings is 1. The molecule has 1 fully saturated rings. The van der Waals surface area contributed by atoms with Gasteiger partial charge < -0.3 is 4.90 Å². The Hall–Kier alpha value is -1.27. The summed E-state index contributed by atoms with van der Waals surface area (Å²) in [6.07, 6.45) is 6.76. The number of terminal acetylenes is 1. The zero-order valence-electron chi connectivity index (χ0n) is 9.74. The van der Waals surface area contributed by atoms with Crippen molar-refractivity contribution in [3.63, 3.8) is 0 Å². The van der Waals surface area contributed by atoms with Crippen LogP contribution in [0.3, 0.4) is 0 Å². The predicted molar refractivity (Wildman–Crippen MR) is 72.8 cm³/mol. The lowest BCUT2D eigenvalue weighted by molar-refractivity contribution is -0.117. The van der Waals surface area contributed by atoms with Gasteiger partial charge in [-0.25, -0.2) is 0 Å². The van der Waals surface area contributed by atoms with E-state index in [1.165, 1.54) is 5.56 Å². The second-order valence-electron chi connectivity index (χ2n) is 4.20. The van der Waals surface area contributed by atoms with E-state index in [1.54, 1.807) is 0 Å². The number of hydrogen-bond donors (Lipinski definition) is 0. The Kier molecular flexibility index (Phi) is 3.54. The molecule has 1 atom stereocenters. The zero-order valence-corrected chi connectivity index (χ0v) is 11.3. The summed E-state index contributed by atoms with van der Waals surface area (Å²) in [5, 5.41) is 0. The Balaban J connectivity index is 2.35. The van der Waals surface area contributed by atoms with Gasteiger partial charge in [0.05, 0.1) is 0 Å². The van der Waals surface area contributed by atoms with Gasteiger partial charge in [0, 0.05) is 29.0 Å². The minimum absolute atomic E-state index is 0.0517. The molecule has 0 N–H and O–H groups in total. The molecular formula is C14H14BrNO. The van der Waals surface area contributed by atoms with Gasteiger partial charge in [-0.05, 0) is 30.2 Å². The van der Waals surface area contributed by atoms with Crippen molar-refractivity contribution < 1.29 is 4.79 Å². The Morgan fingerprint density at radius 2 is 2.35 bits per heavy atom. The van der Waals surface area contributed by atoms with E-state index in [1.807, 2.05) is 17.0 Å². The summed E-state index contributed by atoms with van der Waals surface area (Å²) in [6, 6.07) is 6.01. The van der Waals surface area contributed by atoms with Crippen LogP contribution in [-0.2, 0) is 11.2 Å². The van der Waals surface area contributed by atoms with Crippen LogP contribution in [0.25, 0.3) is 0 Å². The number of carbonyl (C=O) groups is 1. The average Bonchev–Trinajstić information content (AvgIpc) is 2.70. The van der Waals surface area contributed by atoms with E-state index in [9.17, 15) is 4.79 Å². The second kappa shape index (κ2) is 4.93. The number of rotatable bonds is 2. The Morgan fingerprint density at radius 3 is 2.94 bits per heavy atom. The molecule has 2 nitrogen and oxygen atoms in total. The quantitative estimate of drug-likeness (QED) is 0.767. The van der Waals surface area contributed by atoms with Crippen LogP contribution >= 0.6 is 15.9 Å². The summed E-state index contributed by atoms with van der Waals surface area (Å²) in [4.78, 5) is 13.7. The topological polar surface area (TPSA) is 20.3 Å². The van der Waals surface area contributed by atoms with E-state index < -0.39 is 0 Å². The highest BCUT2D eigenvalue weighted by atomic mass is 79.9. The maximum atomic E-state index is 11.9. The van der Waals surface area contributed by atoms with Gasteiger partial charge in [0.1, 0.15) is 0 Å². The molecule has 2 rings (SSSR count). The van der Waals surface area contributed by atoms with E-state index in [0.717, 1.165) is 16.6 Å². The molecule has 3 heteroatoms. The molecule has 1 aliphatic rings. The van der Waals surface area contributed by atoms with Crippen LogP contribution in [0.15, 0.2) is 22.7 Å². The number of aryl methyl sites for hydroxylation is 1. The Labute approximate surface area is 110 Å². The van der Waals surface area contributed by atoms with Crippen LogP contribution in [0.4, 0.5) is 5.69 Å². The van der Waals surface area contributed by atoms with Crippen molar-refractivity contribution in [2.45, 2.75) is 19.8 Å². The largest absolute Gasteiger partial charge is 0.311 e. The monoisotopic (exact) mass is 291 g/mol. The highest BCUT2D eigenvalue weighted by molar-refractivity contribution is 9.10. The Morgan fingerprint density at radius 1 is 1.59 bits per heavy atom. The molecule has 0 aliphatic carbocycles. The van der Waals surface area contributed by atoms with E-state index in [2.05, 4.69) is 34.8 Å². The molecule has 0 aromatic heterocycles. The lowest BCUT2D eigenvalue weighted by Crippen LogP contribution is -2.25. The first-order chi connectivity index (χ1) is 8.15. The van der Waals surface area contributed by atoms with Gasteiger partial charge in [0.15, 0.2) is 0 Å². The Bertz CT molecular complexity index is 489. The smallest absolute Gasteiger partial charge is 0.228 e. The minimum Gasteiger partial charge on any atom is -0.311 e. The SMILES string of the molecule is C#CC1CC(=O)N(c2ccc(Br)cc2CC)C1. The van der Waals surface area contributed by atoms with Gasteiger partial charge in [0.25, 0.3) is 0 Å². The molecule has 17 heavy (non-hydrogen) atoms. The normalized spacial score (nSPS) is 19.5. The highest BCUT2D eigenvalue weighted by Crippen LogP contribution is 2.30. The van der Waals surface area contributed by atoms with Crippen molar-refractivity contribution in [3.8, 4) is 12.3 Å². The van der Waals surface area contributed by atoms with Crippen molar-refractivity contribution in [1.29, 1.82) is 0 Å². The number of carbonyl (C=O) groups excluding carboxylic acids is 1. The summed E-state index contributed by atoms with van der Waals surface area (Å²) in [7, 11) is 0. The third-order valence-corrected chi connectivity index (χ3v) is 3.57. The molecule has 0 radical (unpaired) electrons. The maximum Gasteiger partial charge on any atom is 0.228 e. The fourth-order valence-electron chi connectivity index (χ4n) is 2.15. The van der Waals surface area contributed by atoms with Crippen LogP contribution in [-0.4, -0.2) is 12.5 Å². The third kappa shape index (κ3) is 2.37. The molecule has 0 spiro atoms. The molecular weight excluding hydrogens is 278 g/mol. The third-order valence-electron chi connectivity index (χ3n) is 3.07. The maximum absolute atomic E-state index is 11.9. The van der Waals surface area contributed by atoms with Crippen molar-refractivity contribution >= 4 is 27.5 Å². The first-order valence-corrected chi connectivity index (χ1v) is 6.50. The van der Waals surface area contributed by atoms with Gasteiger partial charge in [-0.15, -0.1) is 12.3 Å². The van der Waals surface area contributed by atoms with Gasteiger partial charge in [-0.2, -0.15) is 0 Å². The number of amides is 1. The molecule has 1 aliphatic heterocycles. The molecule has 1 aromatic carbocycles. The van der Waals surface area contributed by atoms with E-state index in [4.69, 9.17) is 6.42 Å². The molecule has 1 saturated heterocycles. The van der Waals surface area contributed by atoms with E-state index in [0.29, 0.717) is 13.0 Å². The molecule has 0 saturated carbocycles. The fraction of sp³-hybridized carbons (Fsp3) is 0.357. The first kappa shape index (κ1) is 12.2. The van der Waals surface area contributed by atoms with E-state index in [-0.39, 0.29) is 11.8 Å². The first-order valence-electron chi connectivity index (χ1n) is 5.70. The van der Waals surface area contributed by atoms with Gasteiger partial charge in [0.2, 0.25) is 5.91 Å².